The quantitative estimate of drug-likeness (QED) is 0.275. The van der Waals surface area contributed by atoms with E-state index in [0.717, 1.165) is 44.3 Å². The molecule has 2 atom stereocenters. The van der Waals surface area contributed by atoms with E-state index in [1.54, 1.807) is 54.6 Å². The maximum Gasteiger partial charge on any atom is 0.292 e. The minimum Gasteiger partial charge on any atom is -0.489 e. The van der Waals surface area contributed by atoms with E-state index >= 15 is 0 Å². The van der Waals surface area contributed by atoms with Crippen LogP contribution in [0.1, 0.15) is 47.7 Å². The van der Waals surface area contributed by atoms with Crippen molar-refractivity contribution in [2.24, 2.45) is 0 Å². The summed E-state index contributed by atoms with van der Waals surface area (Å²) in [5.41, 5.74) is 2.17. The van der Waals surface area contributed by atoms with E-state index in [4.69, 9.17) is 16.3 Å². The molecule has 2 N–H and O–H groups in total. The summed E-state index contributed by atoms with van der Waals surface area (Å²) in [6.45, 7) is 2.12. The number of carbonyl (C=O) groups excluding carboxylic acids is 2. The summed E-state index contributed by atoms with van der Waals surface area (Å²) >= 11 is 6.42. The molecular formula is C30H30ClFN2O4. The van der Waals surface area contributed by atoms with Crippen molar-refractivity contribution in [2.75, 3.05) is 19.6 Å². The van der Waals surface area contributed by atoms with Crippen LogP contribution in [0.15, 0.2) is 66.7 Å². The van der Waals surface area contributed by atoms with Crippen LogP contribution in [-0.2, 0) is 4.79 Å². The van der Waals surface area contributed by atoms with Crippen LogP contribution in [0, 0.1) is 5.82 Å². The van der Waals surface area contributed by atoms with Gasteiger partial charge >= 0.3 is 0 Å². The number of hydrogen-bond acceptors (Lipinski definition) is 5. The van der Waals surface area contributed by atoms with Crippen molar-refractivity contribution in [3.8, 4) is 16.9 Å². The highest BCUT2D eigenvalue weighted by molar-refractivity contribution is 6.43. The van der Waals surface area contributed by atoms with Gasteiger partial charge in [0.2, 0.25) is 5.78 Å². The van der Waals surface area contributed by atoms with Crippen molar-refractivity contribution in [1.82, 2.24) is 10.2 Å². The summed E-state index contributed by atoms with van der Waals surface area (Å²) in [7, 11) is 0. The van der Waals surface area contributed by atoms with Gasteiger partial charge in [0.1, 0.15) is 17.7 Å². The number of Topliss-reactive ketones (excluding diaryl/α,β-unsaturated/α-hetero) is 1. The molecular weight excluding hydrogens is 507 g/mol. The van der Waals surface area contributed by atoms with Crippen LogP contribution >= 0.6 is 11.6 Å². The van der Waals surface area contributed by atoms with Crippen LogP contribution < -0.4 is 10.1 Å². The average molecular weight is 537 g/mol. The van der Waals surface area contributed by atoms with Crippen molar-refractivity contribution in [3.63, 3.8) is 0 Å². The number of halogens is 2. The molecule has 2 fully saturated rings. The molecule has 0 aromatic heterocycles. The molecule has 0 unspecified atom stereocenters. The van der Waals surface area contributed by atoms with E-state index in [-0.39, 0.29) is 17.5 Å². The van der Waals surface area contributed by atoms with Crippen LogP contribution in [0.3, 0.4) is 0 Å². The van der Waals surface area contributed by atoms with E-state index in [2.05, 4.69) is 10.2 Å². The largest absolute Gasteiger partial charge is 0.489 e. The number of benzene rings is 3. The fraction of sp³-hybridized carbons (Fsp3) is 0.333. The number of rotatable bonds is 10. The zero-order valence-electron chi connectivity index (χ0n) is 20.9. The first-order valence-electron chi connectivity index (χ1n) is 12.9. The summed E-state index contributed by atoms with van der Waals surface area (Å²) in [5.74, 6) is -1.29. The zero-order chi connectivity index (χ0) is 26.6. The van der Waals surface area contributed by atoms with Crippen LogP contribution in [0.5, 0.6) is 5.75 Å². The number of aliphatic hydroxyl groups excluding tert-OH is 1. The van der Waals surface area contributed by atoms with Crippen molar-refractivity contribution in [3.05, 3.63) is 88.7 Å². The molecule has 1 saturated heterocycles. The molecule has 0 spiro atoms. The van der Waals surface area contributed by atoms with Crippen molar-refractivity contribution < 1.29 is 23.8 Å². The molecule has 1 amide bonds. The molecule has 6 nitrogen and oxygen atoms in total. The van der Waals surface area contributed by atoms with Gasteiger partial charge in [0.25, 0.3) is 5.91 Å². The van der Waals surface area contributed by atoms with Gasteiger partial charge in [-0.15, -0.1) is 0 Å². The third-order valence-electron chi connectivity index (χ3n) is 6.98. The molecule has 8 heteroatoms. The summed E-state index contributed by atoms with van der Waals surface area (Å²) in [4.78, 5) is 28.4. The van der Waals surface area contributed by atoms with Gasteiger partial charge < -0.3 is 20.1 Å². The Bertz CT molecular complexity index is 1310. The lowest BCUT2D eigenvalue weighted by Crippen LogP contribution is -2.48. The van der Waals surface area contributed by atoms with Gasteiger partial charge in [-0.1, -0.05) is 48.0 Å². The Morgan fingerprint density at radius 1 is 1.03 bits per heavy atom. The predicted molar refractivity (Wildman–Crippen MR) is 144 cm³/mol. The third-order valence-corrected chi connectivity index (χ3v) is 7.27. The van der Waals surface area contributed by atoms with Gasteiger partial charge in [0.15, 0.2) is 0 Å². The standard InChI is InChI=1S/C30H30ClFN2O4/c31-25-17-22(8-13-27(25)38-24-11-12-24)28(35)26(18-34-14-1-2-15-34)33-30(37)29(36)21-5-3-4-20(16-21)19-6-9-23(32)10-7-19/h3-10,13,16-17,24,26,28,35H,1-2,11-12,14-15,18H2,(H,33,37)/t26-,28-/m1/s1. The topological polar surface area (TPSA) is 78.9 Å². The fourth-order valence-corrected chi connectivity index (χ4v) is 4.94. The van der Waals surface area contributed by atoms with Crippen LogP contribution in [0.25, 0.3) is 11.1 Å². The molecule has 2 aliphatic rings. The Labute approximate surface area is 226 Å². The van der Waals surface area contributed by atoms with Gasteiger partial charge in [-0.2, -0.15) is 0 Å². The van der Waals surface area contributed by atoms with Gasteiger partial charge in [-0.3, -0.25) is 9.59 Å². The normalized spacial score (nSPS) is 17.1. The molecule has 3 aromatic carbocycles. The van der Waals surface area contributed by atoms with E-state index in [1.807, 2.05) is 0 Å². The summed E-state index contributed by atoms with van der Waals surface area (Å²) in [6.07, 6.45) is 3.22. The number of nitrogens with one attached hydrogen (secondary N) is 1. The first-order valence-corrected chi connectivity index (χ1v) is 13.3. The lowest BCUT2D eigenvalue weighted by atomic mass is 9.99. The second-order valence-electron chi connectivity index (χ2n) is 9.96. The third kappa shape index (κ3) is 6.41. The fourth-order valence-electron chi connectivity index (χ4n) is 4.71. The summed E-state index contributed by atoms with van der Waals surface area (Å²) < 4.78 is 19.1. The first-order chi connectivity index (χ1) is 18.4. The van der Waals surface area contributed by atoms with E-state index in [9.17, 15) is 19.1 Å². The van der Waals surface area contributed by atoms with Gasteiger partial charge in [-0.25, -0.2) is 4.39 Å². The van der Waals surface area contributed by atoms with Gasteiger partial charge in [-0.05, 0) is 85.8 Å². The Morgan fingerprint density at radius 2 is 1.76 bits per heavy atom. The maximum absolute atomic E-state index is 13.3. The summed E-state index contributed by atoms with van der Waals surface area (Å²) in [6, 6.07) is 17.0. The Morgan fingerprint density at radius 3 is 2.45 bits per heavy atom. The Balaban J connectivity index is 1.33. The maximum atomic E-state index is 13.3. The van der Waals surface area contributed by atoms with E-state index < -0.39 is 23.8 Å². The van der Waals surface area contributed by atoms with Crippen LogP contribution in [0.2, 0.25) is 5.02 Å². The average Bonchev–Trinajstić information content (AvgIpc) is 3.60. The highest BCUT2D eigenvalue weighted by Crippen LogP contribution is 2.34. The predicted octanol–water partition coefficient (Wildman–Crippen LogP) is 5.18. The lowest BCUT2D eigenvalue weighted by Gasteiger charge is -2.28. The minimum atomic E-state index is -1.08. The molecule has 38 heavy (non-hydrogen) atoms. The SMILES string of the molecule is O=C(N[C@H](CN1CCCC1)[C@H](O)c1ccc(OC2CC2)c(Cl)c1)C(=O)c1cccc(-c2ccc(F)cc2)c1. The molecule has 0 radical (unpaired) electrons. The first kappa shape index (κ1) is 26.4. The number of hydrogen-bond donors (Lipinski definition) is 2. The van der Waals surface area contributed by atoms with Crippen LogP contribution in [-0.4, -0.2) is 53.5 Å². The molecule has 1 saturated carbocycles. The molecule has 198 valence electrons. The lowest BCUT2D eigenvalue weighted by molar-refractivity contribution is -0.118. The second kappa shape index (κ2) is 11.6. The Kier molecular flexibility index (Phi) is 8.07. The molecule has 5 rings (SSSR count). The van der Waals surface area contributed by atoms with E-state index in [1.165, 1.54) is 12.1 Å². The molecule has 1 aliphatic heterocycles. The monoisotopic (exact) mass is 536 g/mol. The highest BCUT2D eigenvalue weighted by Gasteiger charge is 2.30. The van der Waals surface area contributed by atoms with Gasteiger partial charge in [0, 0.05) is 12.1 Å². The Hall–Kier alpha value is -3.26. The molecule has 0 bridgehead atoms. The number of amides is 1. The number of likely N-dealkylation sites (tertiary alicyclic amines) is 1. The van der Waals surface area contributed by atoms with Crippen molar-refractivity contribution in [1.29, 1.82) is 0 Å². The number of nitrogens with zero attached hydrogens (tertiary/aromatic N) is 1. The van der Waals surface area contributed by atoms with Gasteiger partial charge in [0.05, 0.1) is 17.2 Å². The zero-order valence-corrected chi connectivity index (χ0v) is 21.7. The smallest absolute Gasteiger partial charge is 0.292 e. The number of ether oxygens (including phenoxy) is 1. The molecule has 3 aromatic rings. The van der Waals surface area contributed by atoms with Crippen molar-refractivity contribution in [2.45, 2.75) is 43.9 Å². The van der Waals surface area contributed by atoms with E-state index in [0.29, 0.717) is 28.4 Å². The number of aliphatic hydroxyl groups is 1. The second-order valence-corrected chi connectivity index (χ2v) is 10.4. The molecule has 1 heterocycles. The summed E-state index contributed by atoms with van der Waals surface area (Å²) in [5, 5.41) is 14.5. The number of ketones is 1. The molecule has 1 aliphatic carbocycles. The highest BCUT2D eigenvalue weighted by atomic mass is 35.5. The minimum absolute atomic E-state index is 0.193. The number of carbonyl (C=O) groups is 2. The van der Waals surface area contributed by atoms with Crippen molar-refractivity contribution >= 4 is 23.3 Å². The van der Waals surface area contributed by atoms with Crippen LogP contribution in [0.4, 0.5) is 4.39 Å².